The molecule has 4 heteroatoms. The highest BCUT2D eigenvalue weighted by atomic mass is 35.5. The summed E-state index contributed by atoms with van der Waals surface area (Å²) in [5, 5.41) is 5.47. The summed E-state index contributed by atoms with van der Waals surface area (Å²) >= 11 is 6.04. The number of rotatable bonds is 1. The van der Waals surface area contributed by atoms with Crippen molar-refractivity contribution in [2.45, 2.75) is 0 Å². The lowest BCUT2D eigenvalue weighted by atomic mass is 10.1. The van der Waals surface area contributed by atoms with Crippen LogP contribution < -0.4 is 5.73 Å². The molecule has 0 aliphatic heterocycles. The summed E-state index contributed by atoms with van der Waals surface area (Å²) in [5.74, 6) is 0.711. The first-order valence-corrected chi connectivity index (χ1v) is 5.53. The third kappa shape index (κ3) is 1.65. The predicted molar refractivity (Wildman–Crippen MR) is 68.9 cm³/mol. The average Bonchev–Trinajstić information content (AvgIpc) is 2.75. The first kappa shape index (κ1) is 10.2. The highest BCUT2D eigenvalue weighted by Gasteiger charge is 2.12. The van der Waals surface area contributed by atoms with Gasteiger partial charge in [0, 0.05) is 11.3 Å². The highest BCUT2D eigenvalue weighted by Crippen LogP contribution is 2.32. The molecule has 0 radical (unpaired) electrons. The summed E-state index contributed by atoms with van der Waals surface area (Å²) in [6.07, 6.45) is 0. The average molecular weight is 245 g/mol. The zero-order chi connectivity index (χ0) is 11.8. The fraction of sp³-hybridized carbons (Fsp3) is 0. The van der Waals surface area contributed by atoms with E-state index in [0.717, 1.165) is 16.6 Å². The molecule has 0 spiro atoms. The number of fused-ring (bicyclic) bond motifs is 1. The Balaban J connectivity index is 2.24. The van der Waals surface area contributed by atoms with E-state index in [1.165, 1.54) is 0 Å². The molecule has 3 rings (SSSR count). The van der Waals surface area contributed by atoms with Crippen LogP contribution in [0.2, 0.25) is 5.02 Å². The van der Waals surface area contributed by atoms with Crippen LogP contribution in [-0.2, 0) is 0 Å². The number of anilines is 1. The van der Waals surface area contributed by atoms with Gasteiger partial charge in [-0.05, 0) is 36.4 Å². The minimum absolute atomic E-state index is 0.591. The van der Waals surface area contributed by atoms with Crippen molar-refractivity contribution in [1.29, 1.82) is 0 Å². The molecule has 0 aliphatic carbocycles. The van der Waals surface area contributed by atoms with Gasteiger partial charge >= 0.3 is 0 Å². The molecule has 0 saturated carbocycles. The molecular weight excluding hydrogens is 236 g/mol. The van der Waals surface area contributed by atoms with Crippen LogP contribution in [0, 0.1) is 0 Å². The zero-order valence-electron chi connectivity index (χ0n) is 8.85. The SMILES string of the molecule is Nc1ccc(-c2onc3c(Cl)cccc23)cc1. The van der Waals surface area contributed by atoms with Crippen LogP contribution in [0.3, 0.4) is 0 Å². The van der Waals surface area contributed by atoms with E-state index in [-0.39, 0.29) is 0 Å². The molecule has 0 unspecified atom stereocenters. The van der Waals surface area contributed by atoms with Crippen molar-refractivity contribution in [2.24, 2.45) is 0 Å². The maximum Gasteiger partial charge on any atom is 0.174 e. The van der Waals surface area contributed by atoms with Gasteiger partial charge in [0.25, 0.3) is 0 Å². The van der Waals surface area contributed by atoms with Crippen molar-refractivity contribution in [3.8, 4) is 11.3 Å². The third-order valence-electron chi connectivity index (χ3n) is 2.63. The number of nitrogens with zero attached hydrogens (tertiary/aromatic N) is 1. The van der Waals surface area contributed by atoms with Crippen molar-refractivity contribution < 1.29 is 4.52 Å². The Hall–Kier alpha value is -2.00. The first-order valence-electron chi connectivity index (χ1n) is 5.15. The molecule has 0 aliphatic rings. The van der Waals surface area contributed by atoms with Crippen molar-refractivity contribution in [2.75, 3.05) is 5.73 Å². The number of benzene rings is 2. The van der Waals surface area contributed by atoms with Gasteiger partial charge in [0.05, 0.1) is 10.4 Å². The molecule has 3 nitrogen and oxygen atoms in total. The molecule has 84 valence electrons. The van der Waals surface area contributed by atoms with E-state index in [2.05, 4.69) is 5.16 Å². The Labute approximate surface area is 103 Å². The van der Waals surface area contributed by atoms with Gasteiger partial charge in [-0.1, -0.05) is 22.8 Å². The molecule has 0 atom stereocenters. The summed E-state index contributed by atoms with van der Waals surface area (Å²) in [6.45, 7) is 0. The normalized spacial score (nSPS) is 10.9. The van der Waals surface area contributed by atoms with Gasteiger partial charge in [-0.15, -0.1) is 0 Å². The smallest absolute Gasteiger partial charge is 0.174 e. The fourth-order valence-corrected chi connectivity index (χ4v) is 1.98. The zero-order valence-corrected chi connectivity index (χ0v) is 9.61. The summed E-state index contributed by atoms with van der Waals surface area (Å²) in [7, 11) is 0. The van der Waals surface area contributed by atoms with E-state index < -0.39 is 0 Å². The number of aromatic nitrogens is 1. The quantitative estimate of drug-likeness (QED) is 0.664. The Morgan fingerprint density at radius 2 is 1.82 bits per heavy atom. The fourth-order valence-electron chi connectivity index (χ4n) is 1.77. The second kappa shape index (κ2) is 3.79. The van der Waals surface area contributed by atoms with E-state index in [1.54, 1.807) is 6.07 Å². The summed E-state index contributed by atoms with van der Waals surface area (Å²) < 4.78 is 5.35. The lowest BCUT2D eigenvalue weighted by Crippen LogP contribution is -1.83. The summed E-state index contributed by atoms with van der Waals surface area (Å²) in [5.41, 5.74) is 7.98. The number of hydrogen-bond donors (Lipinski definition) is 1. The van der Waals surface area contributed by atoms with Crippen molar-refractivity contribution in [3.05, 3.63) is 47.5 Å². The van der Waals surface area contributed by atoms with Gasteiger partial charge < -0.3 is 10.3 Å². The molecule has 0 fully saturated rings. The molecule has 3 aromatic rings. The van der Waals surface area contributed by atoms with Gasteiger partial charge in [-0.2, -0.15) is 0 Å². The van der Waals surface area contributed by atoms with E-state index in [4.69, 9.17) is 21.9 Å². The third-order valence-corrected chi connectivity index (χ3v) is 2.94. The Kier molecular flexibility index (Phi) is 2.27. The van der Waals surface area contributed by atoms with Crippen LogP contribution in [0.1, 0.15) is 0 Å². The van der Waals surface area contributed by atoms with Crippen molar-refractivity contribution in [1.82, 2.24) is 5.16 Å². The van der Waals surface area contributed by atoms with Gasteiger partial charge in [0.15, 0.2) is 5.76 Å². The topological polar surface area (TPSA) is 52.0 Å². The predicted octanol–water partition coefficient (Wildman–Crippen LogP) is 3.73. The molecule has 0 saturated heterocycles. The van der Waals surface area contributed by atoms with Crippen LogP contribution in [0.4, 0.5) is 5.69 Å². The second-order valence-corrected chi connectivity index (χ2v) is 4.18. The minimum atomic E-state index is 0.591. The molecule has 1 heterocycles. The molecular formula is C13H9ClN2O. The van der Waals surface area contributed by atoms with E-state index in [0.29, 0.717) is 16.3 Å². The van der Waals surface area contributed by atoms with Crippen LogP contribution in [0.5, 0.6) is 0 Å². The van der Waals surface area contributed by atoms with Gasteiger partial charge in [-0.3, -0.25) is 0 Å². The molecule has 0 amide bonds. The van der Waals surface area contributed by atoms with Crippen molar-refractivity contribution in [3.63, 3.8) is 0 Å². The highest BCUT2D eigenvalue weighted by molar-refractivity contribution is 6.35. The molecule has 2 aromatic carbocycles. The summed E-state index contributed by atoms with van der Waals surface area (Å²) in [6, 6.07) is 13.1. The Morgan fingerprint density at radius 3 is 2.59 bits per heavy atom. The Morgan fingerprint density at radius 1 is 1.06 bits per heavy atom. The molecule has 0 bridgehead atoms. The first-order chi connectivity index (χ1) is 8.25. The van der Waals surface area contributed by atoms with Crippen LogP contribution in [0.25, 0.3) is 22.2 Å². The largest absolute Gasteiger partial charge is 0.399 e. The number of nitrogen functional groups attached to an aromatic ring is 1. The second-order valence-electron chi connectivity index (χ2n) is 3.77. The Bertz CT molecular complexity index is 673. The molecule has 2 N–H and O–H groups in total. The monoisotopic (exact) mass is 244 g/mol. The van der Waals surface area contributed by atoms with Gasteiger partial charge in [0.2, 0.25) is 0 Å². The van der Waals surface area contributed by atoms with E-state index in [1.807, 2.05) is 36.4 Å². The summed E-state index contributed by atoms with van der Waals surface area (Å²) in [4.78, 5) is 0. The molecule has 1 aromatic heterocycles. The van der Waals surface area contributed by atoms with Gasteiger partial charge in [0.1, 0.15) is 5.52 Å². The lowest BCUT2D eigenvalue weighted by molar-refractivity contribution is 0.441. The maximum absolute atomic E-state index is 6.04. The molecule has 17 heavy (non-hydrogen) atoms. The van der Waals surface area contributed by atoms with Crippen LogP contribution >= 0.6 is 11.6 Å². The van der Waals surface area contributed by atoms with Crippen molar-refractivity contribution >= 4 is 28.2 Å². The minimum Gasteiger partial charge on any atom is -0.399 e. The maximum atomic E-state index is 6.04. The van der Waals surface area contributed by atoms with E-state index in [9.17, 15) is 0 Å². The van der Waals surface area contributed by atoms with Crippen LogP contribution in [0.15, 0.2) is 47.0 Å². The number of nitrogens with two attached hydrogens (primary N) is 1. The van der Waals surface area contributed by atoms with Crippen LogP contribution in [-0.4, -0.2) is 5.16 Å². The van der Waals surface area contributed by atoms with Gasteiger partial charge in [-0.25, -0.2) is 0 Å². The number of hydrogen-bond acceptors (Lipinski definition) is 3. The number of halogens is 1. The van der Waals surface area contributed by atoms with E-state index >= 15 is 0 Å². The lowest BCUT2D eigenvalue weighted by Gasteiger charge is -1.97. The standard InChI is InChI=1S/C13H9ClN2O/c14-11-3-1-2-10-12(11)16-17-13(10)8-4-6-9(15)7-5-8/h1-7H,15H2.